The van der Waals surface area contributed by atoms with E-state index in [9.17, 15) is 14.7 Å². The van der Waals surface area contributed by atoms with Crippen LogP contribution in [0.25, 0.3) is 0 Å². The Hall–Kier alpha value is -1.14. The molecule has 1 aliphatic heterocycles. The fraction of sp³-hybridized carbons (Fsp3) is 0.800. The summed E-state index contributed by atoms with van der Waals surface area (Å²) >= 11 is 0. The first-order valence-electron chi connectivity index (χ1n) is 5.34. The Bertz CT molecular complexity index is 274. The molecule has 0 bridgehead atoms. The van der Waals surface area contributed by atoms with Gasteiger partial charge in [-0.05, 0) is 13.0 Å². The summed E-state index contributed by atoms with van der Waals surface area (Å²) in [6, 6.07) is 0. The molecule has 6 nitrogen and oxygen atoms in total. The lowest BCUT2D eigenvalue weighted by Gasteiger charge is -2.28. The van der Waals surface area contributed by atoms with Gasteiger partial charge >= 0.3 is 0 Å². The fourth-order valence-electron chi connectivity index (χ4n) is 1.73. The first-order valence-corrected chi connectivity index (χ1v) is 5.34. The van der Waals surface area contributed by atoms with E-state index >= 15 is 0 Å². The van der Waals surface area contributed by atoms with Gasteiger partial charge in [0.15, 0.2) is 0 Å². The largest absolute Gasteiger partial charge is 0.387 e. The van der Waals surface area contributed by atoms with Crippen molar-refractivity contribution in [2.75, 3.05) is 33.2 Å². The highest BCUT2D eigenvalue weighted by molar-refractivity contribution is 5.83. The van der Waals surface area contributed by atoms with E-state index in [0.717, 1.165) is 6.54 Å². The van der Waals surface area contributed by atoms with Crippen LogP contribution in [0.4, 0.5) is 0 Å². The number of likely N-dealkylation sites (N-methyl/N-ethyl adjacent to an activating group) is 1. The fourth-order valence-corrected chi connectivity index (χ4v) is 1.73. The van der Waals surface area contributed by atoms with Gasteiger partial charge in [0.2, 0.25) is 11.8 Å². The molecule has 0 aromatic heterocycles. The zero-order valence-corrected chi connectivity index (χ0v) is 9.75. The molecule has 1 aliphatic rings. The maximum absolute atomic E-state index is 11.6. The molecule has 1 rings (SSSR count). The molecule has 3 N–H and O–H groups in total. The summed E-state index contributed by atoms with van der Waals surface area (Å²) in [7, 11) is 1.63. The molecular formula is C10H19N3O3. The van der Waals surface area contributed by atoms with Crippen molar-refractivity contribution >= 4 is 11.8 Å². The summed E-state index contributed by atoms with van der Waals surface area (Å²) < 4.78 is 0. The average Bonchev–Trinajstić information content (AvgIpc) is 2.61. The van der Waals surface area contributed by atoms with Gasteiger partial charge in [0.25, 0.3) is 0 Å². The first-order chi connectivity index (χ1) is 7.43. The van der Waals surface area contributed by atoms with Crippen LogP contribution in [0, 0.1) is 0 Å². The molecule has 0 radical (unpaired) electrons. The summed E-state index contributed by atoms with van der Waals surface area (Å²) in [5.74, 6) is -0.432. The molecule has 1 fully saturated rings. The summed E-state index contributed by atoms with van der Waals surface area (Å²) in [5.41, 5.74) is -0.833. The maximum atomic E-state index is 11.6. The van der Waals surface area contributed by atoms with Gasteiger partial charge in [-0.1, -0.05) is 0 Å². The lowest BCUT2D eigenvalue weighted by molar-refractivity contribution is -0.133. The lowest BCUT2D eigenvalue weighted by Crippen LogP contribution is -2.47. The predicted molar refractivity (Wildman–Crippen MR) is 58.8 cm³/mol. The molecule has 0 aromatic carbocycles. The number of nitrogens with one attached hydrogen (secondary N) is 2. The minimum atomic E-state index is -0.833. The van der Waals surface area contributed by atoms with Gasteiger partial charge in [-0.25, -0.2) is 0 Å². The van der Waals surface area contributed by atoms with Crippen molar-refractivity contribution in [1.82, 2.24) is 15.5 Å². The van der Waals surface area contributed by atoms with Crippen LogP contribution in [-0.2, 0) is 9.59 Å². The van der Waals surface area contributed by atoms with E-state index in [1.807, 2.05) is 0 Å². The van der Waals surface area contributed by atoms with Crippen molar-refractivity contribution in [3.05, 3.63) is 0 Å². The number of β-amino-alcohol motifs (C(OH)–C–C–N with tert-alkyl or cyclic N) is 1. The second-order valence-electron chi connectivity index (χ2n) is 4.31. The number of hydrogen-bond acceptors (Lipinski definition) is 4. The third kappa shape index (κ3) is 3.79. The topological polar surface area (TPSA) is 81.7 Å². The van der Waals surface area contributed by atoms with Gasteiger partial charge in [0.05, 0.1) is 18.7 Å². The Kier molecular flexibility index (Phi) is 4.26. The van der Waals surface area contributed by atoms with Crippen molar-refractivity contribution in [2.45, 2.75) is 18.9 Å². The Morgan fingerprint density at radius 2 is 2.25 bits per heavy atom. The second-order valence-corrected chi connectivity index (χ2v) is 4.31. The van der Waals surface area contributed by atoms with Crippen LogP contribution in [0.2, 0.25) is 0 Å². The van der Waals surface area contributed by atoms with Gasteiger partial charge in [-0.2, -0.15) is 0 Å². The van der Waals surface area contributed by atoms with Gasteiger partial charge in [-0.15, -0.1) is 0 Å². The molecule has 0 aliphatic carbocycles. The Balaban J connectivity index is 2.36. The minimum absolute atomic E-state index is 0.0185. The van der Waals surface area contributed by atoms with E-state index in [1.165, 1.54) is 11.8 Å². The Morgan fingerprint density at radius 1 is 1.56 bits per heavy atom. The van der Waals surface area contributed by atoms with Crippen molar-refractivity contribution in [3.8, 4) is 0 Å². The van der Waals surface area contributed by atoms with E-state index in [4.69, 9.17) is 0 Å². The van der Waals surface area contributed by atoms with Crippen LogP contribution in [-0.4, -0.2) is 60.6 Å². The number of carbonyl (C=O) groups excluding carboxylic acids is 2. The molecule has 6 heteroatoms. The summed E-state index contributed by atoms with van der Waals surface area (Å²) in [4.78, 5) is 23.6. The highest BCUT2D eigenvalue weighted by Gasteiger charge is 2.33. The van der Waals surface area contributed by atoms with E-state index in [0.29, 0.717) is 19.5 Å². The quantitative estimate of drug-likeness (QED) is 0.537. The molecule has 0 spiro atoms. The average molecular weight is 229 g/mol. The number of nitrogens with zero attached hydrogens (tertiary/aromatic N) is 1. The second kappa shape index (κ2) is 5.27. The standard InChI is InChI=1S/C10H19N3O3/c1-8(14)12-5-9(15)13(2)7-10(16)3-4-11-6-10/h11,16H,3-7H2,1-2H3,(H,12,14). The predicted octanol–water partition coefficient (Wildman–Crippen LogP) is -1.69. The number of carbonyl (C=O) groups is 2. The highest BCUT2D eigenvalue weighted by Crippen LogP contribution is 2.15. The van der Waals surface area contributed by atoms with Crippen molar-refractivity contribution in [3.63, 3.8) is 0 Å². The molecule has 0 saturated carbocycles. The molecule has 1 atom stereocenters. The minimum Gasteiger partial charge on any atom is -0.387 e. The third-order valence-corrected chi connectivity index (χ3v) is 2.67. The van der Waals surface area contributed by atoms with Crippen LogP contribution in [0.3, 0.4) is 0 Å². The summed E-state index contributed by atoms with van der Waals surface area (Å²) in [5, 5.41) is 15.5. The molecule has 16 heavy (non-hydrogen) atoms. The monoisotopic (exact) mass is 229 g/mol. The van der Waals surface area contributed by atoms with Gasteiger partial charge in [-0.3, -0.25) is 9.59 Å². The zero-order chi connectivity index (χ0) is 12.2. The van der Waals surface area contributed by atoms with Crippen LogP contribution in [0.5, 0.6) is 0 Å². The third-order valence-electron chi connectivity index (χ3n) is 2.67. The lowest BCUT2D eigenvalue weighted by atomic mass is 10.0. The number of rotatable bonds is 4. The van der Waals surface area contributed by atoms with Crippen molar-refractivity contribution < 1.29 is 14.7 Å². The molecule has 1 unspecified atom stereocenters. The van der Waals surface area contributed by atoms with E-state index < -0.39 is 5.60 Å². The number of amides is 2. The van der Waals surface area contributed by atoms with Gasteiger partial charge in [0, 0.05) is 20.5 Å². The first kappa shape index (κ1) is 12.9. The molecule has 2 amide bonds. The van der Waals surface area contributed by atoms with E-state index in [1.54, 1.807) is 7.05 Å². The SMILES string of the molecule is CC(=O)NCC(=O)N(C)CC1(O)CCNC1. The van der Waals surface area contributed by atoms with Crippen LogP contribution in [0.15, 0.2) is 0 Å². The van der Waals surface area contributed by atoms with Crippen molar-refractivity contribution in [2.24, 2.45) is 0 Å². The van der Waals surface area contributed by atoms with E-state index in [-0.39, 0.29) is 18.4 Å². The highest BCUT2D eigenvalue weighted by atomic mass is 16.3. The van der Waals surface area contributed by atoms with Gasteiger partial charge in [0.1, 0.15) is 0 Å². The molecule has 1 saturated heterocycles. The molecule has 92 valence electrons. The number of aliphatic hydroxyl groups is 1. The molecule has 1 heterocycles. The van der Waals surface area contributed by atoms with Crippen LogP contribution < -0.4 is 10.6 Å². The number of hydrogen-bond donors (Lipinski definition) is 3. The normalized spacial score (nSPS) is 24.2. The van der Waals surface area contributed by atoms with Crippen LogP contribution >= 0.6 is 0 Å². The van der Waals surface area contributed by atoms with Crippen LogP contribution in [0.1, 0.15) is 13.3 Å². The molecular weight excluding hydrogens is 210 g/mol. The summed E-state index contributed by atoms with van der Waals surface area (Å²) in [6.07, 6.45) is 0.644. The van der Waals surface area contributed by atoms with Gasteiger partial charge < -0.3 is 20.6 Å². The van der Waals surface area contributed by atoms with E-state index in [2.05, 4.69) is 10.6 Å². The smallest absolute Gasteiger partial charge is 0.241 e. The maximum Gasteiger partial charge on any atom is 0.241 e. The zero-order valence-electron chi connectivity index (χ0n) is 9.75. The van der Waals surface area contributed by atoms with Crippen molar-refractivity contribution in [1.29, 1.82) is 0 Å². The summed E-state index contributed by atoms with van der Waals surface area (Å²) in [6.45, 7) is 2.91. The Morgan fingerprint density at radius 3 is 2.75 bits per heavy atom. The Labute approximate surface area is 95.0 Å². The molecule has 0 aromatic rings.